The number of carbonyl (C=O) groups excluding carboxylic acids is 1. The predicted octanol–water partition coefficient (Wildman–Crippen LogP) is 5.22. The van der Waals surface area contributed by atoms with E-state index in [1.54, 1.807) is 0 Å². The summed E-state index contributed by atoms with van der Waals surface area (Å²) in [6.07, 6.45) is 0.374. The van der Waals surface area contributed by atoms with Crippen molar-refractivity contribution < 1.29 is 4.79 Å². The second kappa shape index (κ2) is 6.73. The number of aryl methyl sites for hydroxylation is 2. The number of para-hydroxylation sites is 1. The molecule has 0 spiro atoms. The number of rotatable bonds is 4. The Balaban J connectivity index is 1.79. The molecule has 0 saturated heterocycles. The Labute approximate surface area is 146 Å². The highest BCUT2D eigenvalue weighted by molar-refractivity contribution is 7.22. The predicted molar refractivity (Wildman–Crippen MR) is 102 cm³/mol. The standard InChI is InChI=1S/C20H22N2OS/c1-12(2)16-6-5-7-17-19(16)22-20(24-17)21-18(23)11-15-9-8-13(3)10-14(15)4/h5-10,12H,11H2,1-4H3,(H,21,22,23). The number of hydrogen-bond donors (Lipinski definition) is 1. The van der Waals surface area contributed by atoms with Gasteiger partial charge in [-0.15, -0.1) is 0 Å². The summed E-state index contributed by atoms with van der Waals surface area (Å²) in [4.78, 5) is 17.0. The molecule has 1 heterocycles. The number of nitrogens with zero attached hydrogens (tertiary/aromatic N) is 1. The summed E-state index contributed by atoms with van der Waals surface area (Å²) < 4.78 is 1.11. The van der Waals surface area contributed by atoms with Crippen molar-refractivity contribution in [2.24, 2.45) is 0 Å². The second-order valence-electron chi connectivity index (χ2n) is 6.52. The third-order valence-corrected chi connectivity index (χ3v) is 5.10. The first-order chi connectivity index (χ1) is 11.4. The van der Waals surface area contributed by atoms with Crippen molar-refractivity contribution in [2.45, 2.75) is 40.0 Å². The van der Waals surface area contributed by atoms with Crippen LogP contribution in [0.4, 0.5) is 5.13 Å². The molecule has 3 aromatic rings. The van der Waals surface area contributed by atoms with Crippen LogP contribution in [0.25, 0.3) is 10.2 Å². The van der Waals surface area contributed by atoms with Gasteiger partial charge in [-0.25, -0.2) is 4.98 Å². The highest BCUT2D eigenvalue weighted by atomic mass is 32.1. The molecule has 3 rings (SSSR count). The molecule has 0 saturated carbocycles. The number of thiazole rings is 1. The number of aromatic nitrogens is 1. The average Bonchev–Trinajstić information content (AvgIpc) is 2.91. The zero-order valence-corrected chi connectivity index (χ0v) is 15.3. The molecule has 24 heavy (non-hydrogen) atoms. The molecule has 0 unspecified atom stereocenters. The van der Waals surface area contributed by atoms with Crippen molar-refractivity contribution >= 4 is 32.6 Å². The van der Waals surface area contributed by atoms with Crippen LogP contribution < -0.4 is 5.32 Å². The van der Waals surface area contributed by atoms with E-state index in [2.05, 4.69) is 55.3 Å². The summed E-state index contributed by atoms with van der Waals surface area (Å²) in [6.45, 7) is 8.42. The Morgan fingerprint density at radius 3 is 2.71 bits per heavy atom. The van der Waals surface area contributed by atoms with Crippen molar-refractivity contribution in [2.75, 3.05) is 5.32 Å². The number of amides is 1. The van der Waals surface area contributed by atoms with E-state index in [1.807, 2.05) is 19.1 Å². The first kappa shape index (κ1) is 16.7. The molecule has 1 amide bonds. The van der Waals surface area contributed by atoms with E-state index in [1.165, 1.54) is 22.5 Å². The van der Waals surface area contributed by atoms with Crippen molar-refractivity contribution in [3.05, 3.63) is 58.7 Å². The minimum absolute atomic E-state index is 0.0212. The van der Waals surface area contributed by atoms with Crippen LogP contribution >= 0.6 is 11.3 Å². The van der Waals surface area contributed by atoms with Gasteiger partial charge >= 0.3 is 0 Å². The van der Waals surface area contributed by atoms with Gasteiger partial charge in [0.15, 0.2) is 5.13 Å². The fraction of sp³-hybridized carbons (Fsp3) is 0.300. The van der Waals surface area contributed by atoms with Gasteiger partial charge in [-0.2, -0.15) is 0 Å². The van der Waals surface area contributed by atoms with Gasteiger partial charge in [-0.1, -0.05) is 61.1 Å². The lowest BCUT2D eigenvalue weighted by Gasteiger charge is -2.06. The molecular formula is C20H22N2OS. The van der Waals surface area contributed by atoms with E-state index >= 15 is 0 Å². The number of nitrogens with one attached hydrogen (secondary N) is 1. The van der Waals surface area contributed by atoms with Gasteiger partial charge in [-0.3, -0.25) is 4.79 Å². The Hall–Kier alpha value is -2.20. The van der Waals surface area contributed by atoms with E-state index in [0.29, 0.717) is 17.5 Å². The molecule has 4 heteroatoms. The first-order valence-corrected chi connectivity index (χ1v) is 9.01. The SMILES string of the molecule is Cc1ccc(CC(=O)Nc2nc3c(C(C)C)cccc3s2)c(C)c1. The van der Waals surface area contributed by atoms with Gasteiger partial charge < -0.3 is 5.32 Å². The summed E-state index contributed by atoms with van der Waals surface area (Å²) in [5, 5.41) is 3.63. The summed E-state index contributed by atoms with van der Waals surface area (Å²) in [5.41, 5.74) is 5.64. The molecule has 0 atom stereocenters. The lowest BCUT2D eigenvalue weighted by atomic mass is 10.0. The minimum atomic E-state index is -0.0212. The molecule has 3 nitrogen and oxygen atoms in total. The zero-order chi connectivity index (χ0) is 17.3. The van der Waals surface area contributed by atoms with Gasteiger partial charge in [0.05, 0.1) is 16.6 Å². The number of fused-ring (bicyclic) bond motifs is 1. The molecule has 0 bridgehead atoms. The zero-order valence-electron chi connectivity index (χ0n) is 14.5. The van der Waals surface area contributed by atoms with Crippen LogP contribution in [0.2, 0.25) is 0 Å². The van der Waals surface area contributed by atoms with Crippen LogP contribution in [0.15, 0.2) is 36.4 Å². The molecule has 1 aromatic heterocycles. The van der Waals surface area contributed by atoms with E-state index in [-0.39, 0.29) is 5.91 Å². The highest BCUT2D eigenvalue weighted by Crippen LogP contribution is 2.31. The van der Waals surface area contributed by atoms with Crippen LogP contribution in [0.5, 0.6) is 0 Å². The summed E-state index contributed by atoms with van der Waals surface area (Å²) in [7, 11) is 0. The quantitative estimate of drug-likeness (QED) is 0.709. The van der Waals surface area contributed by atoms with E-state index in [4.69, 9.17) is 0 Å². The maximum Gasteiger partial charge on any atom is 0.230 e. The topological polar surface area (TPSA) is 42.0 Å². The van der Waals surface area contributed by atoms with Crippen molar-refractivity contribution in [1.82, 2.24) is 4.98 Å². The molecule has 0 fully saturated rings. The van der Waals surface area contributed by atoms with Crippen LogP contribution in [0, 0.1) is 13.8 Å². The largest absolute Gasteiger partial charge is 0.302 e. The van der Waals surface area contributed by atoms with Crippen molar-refractivity contribution in [3.63, 3.8) is 0 Å². The fourth-order valence-electron chi connectivity index (χ4n) is 2.87. The normalized spacial score (nSPS) is 11.2. The second-order valence-corrected chi connectivity index (χ2v) is 7.55. The summed E-state index contributed by atoms with van der Waals surface area (Å²) in [6, 6.07) is 12.4. The molecule has 1 N–H and O–H groups in total. The van der Waals surface area contributed by atoms with Crippen LogP contribution in [0.3, 0.4) is 0 Å². The Kier molecular flexibility index (Phi) is 4.67. The van der Waals surface area contributed by atoms with Gasteiger partial charge in [0.2, 0.25) is 5.91 Å². The molecule has 0 aliphatic rings. The monoisotopic (exact) mass is 338 g/mol. The van der Waals surface area contributed by atoms with Gasteiger partial charge in [-0.05, 0) is 42.5 Å². The summed E-state index contributed by atoms with van der Waals surface area (Å²) in [5.74, 6) is 0.390. The molecule has 0 aliphatic heterocycles. The van der Waals surface area contributed by atoms with Crippen LogP contribution in [-0.2, 0) is 11.2 Å². The minimum Gasteiger partial charge on any atom is -0.302 e. The first-order valence-electron chi connectivity index (χ1n) is 8.19. The van der Waals surface area contributed by atoms with E-state index in [0.717, 1.165) is 21.3 Å². The Morgan fingerprint density at radius 2 is 2.00 bits per heavy atom. The third kappa shape index (κ3) is 3.49. The number of anilines is 1. The number of hydrogen-bond acceptors (Lipinski definition) is 3. The Bertz CT molecular complexity index is 896. The maximum absolute atomic E-state index is 12.4. The Morgan fingerprint density at radius 1 is 1.21 bits per heavy atom. The van der Waals surface area contributed by atoms with Gasteiger partial charge in [0.25, 0.3) is 0 Å². The molecule has 2 aromatic carbocycles. The van der Waals surface area contributed by atoms with E-state index < -0.39 is 0 Å². The van der Waals surface area contributed by atoms with E-state index in [9.17, 15) is 4.79 Å². The molecule has 0 aliphatic carbocycles. The highest BCUT2D eigenvalue weighted by Gasteiger charge is 2.13. The third-order valence-electron chi connectivity index (χ3n) is 4.17. The fourth-order valence-corrected chi connectivity index (χ4v) is 3.79. The van der Waals surface area contributed by atoms with Crippen molar-refractivity contribution in [3.8, 4) is 0 Å². The van der Waals surface area contributed by atoms with Gasteiger partial charge in [0, 0.05) is 0 Å². The van der Waals surface area contributed by atoms with Crippen LogP contribution in [0.1, 0.15) is 42.0 Å². The molecule has 0 radical (unpaired) electrons. The van der Waals surface area contributed by atoms with Gasteiger partial charge in [0.1, 0.15) is 0 Å². The van der Waals surface area contributed by atoms with Crippen LogP contribution in [-0.4, -0.2) is 10.9 Å². The summed E-state index contributed by atoms with van der Waals surface area (Å²) >= 11 is 1.53. The maximum atomic E-state index is 12.4. The smallest absolute Gasteiger partial charge is 0.230 e. The molecule has 124 valence electrons. The molecular weight excluding hydrogens is 316 g/mol. The number of benzene rings is 2. The number of carbonyl (C=O) groups is 1. The lowest BCUT2D eigenvalue weighted by Crippen LogP contribution is -2.14. The van der Waals surface area contributed by atoms with Crippen molar-refractivity contribution in [1.29, 1.82) is 0 Å². The lowest BCUT2D eigenvalue weighted by molar-refractivity contribution is -0.115. The average molecular weight is 338 g/mol.